The summed E-state index contributed by atoms with van der Waals surface area (Å²) >= 11 is 0. The van der Waals surface area contributed by atoms with Gasteiger partial charge >= 0.3 is 6.03 Å². The van der Waals surface area contributed by atoms with E-state index in [0.717, 1.165) is 54.5 Å². The van der Waals surface area contributed by atoms with E-state index in [2.05, 4.69) is 32.4 Å². The third-order valence-corrected chi connectivity index (χ3v) is 5.85. The van der Waals surface area contributed by atoms with Crippen LogP contribution in [0, 0.1) is 6.92 Å². The zero-order valence-corrected chi connectivity index (χ0v) is 20.0. The summed E-state index contributed by atoms with van der Waals surface area (Å²) in [5.41, 5.74) is 2.97. The van der Waals surface area contributed by atoms with Crippen LogP contribution in [0.1, 0.15) is 24.7 Å². The van der Waals surface area contributed by atoms with Gasteiger partial charge in [0.05, 0.1) is 13.7 Å². The van der Waals surface area contributed by atoms with E-state index in [1.807, 2.05) is 49.1 Å². The highest BCUT2D eigenvalue weighted by Gasteiger charge is 2.20. The van der Waals surface area contributed by atoms with Crippen molar-refractivity contribution in [2.45, 2.75) is 26.8 Å². The quantitative estimate of drug-likeness (QED) is 0.577. The Labute approximate surface area is 200 Å². The van der Waals surface area contributed by atoms with Crippen molar-refractivity contribution in [3.8, 4) is 17.2 Å². The van der Waals surface area contributed by atoms with Gasteiger partial charge in [-0.1, -0.05) is 12.1 Å². The molecule has 1 saturated heterocycles. The van der Waals surface area contributed by atoms with Crippen molar-refractivity contribution in [1.29, 1.82) is 0 Å². The number of hydrogen-bond donors (Lipinski definition) is 1. The fourth-order valence-corrected chi connectivity index (χ4v) is 4.03. The third kappa shape index (κ3) is 5.59. The van der Waals surface area contributed by atoms with E-state index in [1.165, 1.54) is 0 Å². The molecule has 3 aromatic rings. The summed E-state index contributed by atoms with van der Waals surface area (Å²) in [5, 5.41) is 7.45. The van der Waals surface area contributed by atoms with Crippen LogP contribution in [0.4, 0.5) is 10.5 Å². The number of amides is 2. The lowest BCUT2D eigenvalue weighted by Crippen LogP contribution is -2.41. The summed E-state index contributed by atoms with van der Waals surface area (Å²) < 4.78 is 12.8. The van der Waals surface area contributed by atoms with E-state index in [0.29, 0.717) is 25.5 Å². The number of carbonyl (C=O) groups is 1. The second-order valence-corrected chi connectivity index (χ2v) is 8.16. The lowest BCUT2D eigenvalue weighted by molar-refractivity contribution is 0.201. The van der Waals surface area contributed by atoms with Gasteiger partial charge in [0, 0.05) is 44.5 Å². The summed E-state index contributed by atoms with van der Waals surface area (Å²) in [6, 6.07) is 13.8. The molecular weight excluding hydrogens is 432 g/mol. The number of hydrogen-bond acceptors (Lipinski definition) is 6. The Morgan fingerprint density at radius 2 is 1.91 bits per heavy atom. The Morgan fingerprint density at radius 3 is 2.62 bits per heavy atom. The standard InChI is InChI=1S/C25H32N6O3/c1-4-34-24-16-21(8-11-23(24)31-18-27-19(2)28-31)29-12-5-13-30(15-14-29)25(32)26-17-20-6-9-22(33-3)10-7-20/h6-11,16,18H,4-5,12-15,17H2,1-3H3,(H,26,32). The normalized spacial score (nSPS) is 14.0. The van der Waals surface area contributed by atoms with E-state index in [4.69, 9.17) is 9.47 Å². The van der Waals surface area contributed by atoms with Crippen molar-refractivity contribution in [3.63, 3.8) is 0 Å². The Hall–Kier alpha value is -3.75. The van der Waals surface area contributed by atoms with E-state index >= 15 is 0 Å². The maximum absolute atomic E-state index is 12.8. The van der Waals surface area contributed by atoms with Crippen LogP contribution in [0.3, 0.4) is 0 Å². The number of benzene rings is 2. The van der Waals surface area contributed by atoms with Crippen LogP contribution < -0.4 is 19.7 Å². The number of rotatable bonds is 7. The van der Waals surface area contributed by atoms with Gasteiger partial charge in [-0.2, -0.15) is 5.10 Å². The summed E-state index contributed by atoms with van der Waals surface area (Å²) in [6.07, 6.45) is 2.59. The summed E-state index contributed by atoms with van der Waals surface area (Å²) in [7, 11) is 1.64. The molecular formula is C25H32N6O3. The lowest BCUT2D eigenvalue weighted by atomic mass is 10.2. The number of anilines is 1. The van der Waals surface area contributed by atoms with Crippen LogP contribution in [0.15, 0.2) is 48.8 Å². The number of aryl methyl sites for hydroxylation is 1. The SMILES string of the molecule is CCOc1cc(N2CCCN(C(=O)NCc3ccc(OC)cc3)CC2)ccc1-n1cnc(C)n1. The molecule has 1 aromatic heterocycles. The van der Waals surface area contributed by atoms with Gasteiger partial charge in [0.25, 0.3) is 0 Å². The Morgan fingerprint density at radius 1 is 1.09 bits per heavy atom. The smallest absolute Gasteiger partial charge is 0.317 e. The molecule has 1 aliphatic rings. The maximum Gasteiger partial charge on any atom is 0.317 e. The summed E-state index contributed by atoms with van der Waals surface area (Å²) in [6.45, 7) is 7.88. The molecule has 9 nitrogen and oxygen atoms in total. The number of methoxy groups -OCH3 is 1. The molecule has 1 aliphatic heterocycles. The fourth-order valence-electron chi connectivity index (χ4n) is 4.03. The van der Waals surface area contributed by atoms with Gasteiger partial charge in [-0.15, -0.1) is 0 Å². The van der Waals surface area contributed by atoms with E-state index < -0.39 is 0 Å². The lowest BCUT2D eigenvalue weighted by Gasteiger charge is -2.25. The van der Waals surface area contributed by atoms with Crippen LogP contribution >= 0.6 is 0 Å². The van der Waals surface area contributed by atoms with Gasteiger partial charge in [-0.05, 0) is 50.1 Å². The number of urea groups is 1. The monoisotopic (exact) mass is 464 g/mol. The summed E-state index contributed by atoms with van der Waals surface area (Å²) in [4.78, 5) is 21.2. The molecule has 9 heteroatoms. The molecule has 1 fully saturated rings. The minimum atomic E-state index is -0.0374. The zero-order chi connectivity index (χ0) is 23.9. The van der Waals surface area contributed by atoms with Gasteiger partial charge < -0.3 is 24.6 Å². The van der Waals surface area contributed by atoms with Crippen molar-refractivity contribution in [1.82, 2.24) is 25.0 Å². The van der Waals surface area contributed by atoms with Crippen LogP contribution in [-0.4, -0.2) is 65.6 Å². The van der Waals surface area contributed by atoms with Gasteiger partial charge in [-0.3, -0.25) is 0 Å². The van der Waals surface area contributed by atoms with Crippen molar-refractivity contribution in [2.75, 3.05) is 44.8 Å². The Bertz CT molecular complexity index is 1100. The molecule has 0 atom stereocenters. The molecule has 180 valence electrons. The summed E-state index contributed by atoms with van der Waals surface area (Å²) in [5.74, 6) is 2.28. The highest BCUT2D eigenvalue weighted by molar-refractivity contribution is 5.74. The van der Waals surface area contributed by atoms with Gasteiger partial charge in [0.2, 0.25) is 0 Å². The average molecular weight is 465 g/mol. The number of nitrogens with zero attached hydrogens (tertiary/aromatic N) is 5. The van der Waals surface area contributed by atoms with Crippen molar-refractivity contribution in [2.24, 2.45) is 0 Å². The Kier molecular flexibility index (Phi) is 7.51. The van der Waals surface area contributed by atoms with Gasteiger partial charge in [0.15, 0.2) is 0 Å². The van der Waals surface area contributed by atoms with Crippen molar-refractivity contribution < 1.29 is 14.3 Å². The number of ether oxygens (including phenoxy) is 2. The van der Waals surface area contributed by atoms with Crippen LogP contribution in [-0.2, 0) is 6.54 Å². The van der Waals surface area contributed by atoms with E-state index in [1.54, 1.807) is 18.1 Å². The molecule has 2 amide bonds. The first-order valence-corrected chi connectivity index (χ1v) is 11.6. The van der Waals surface area contributed by atoms with Crippen LogP contribution in [0.25, 0.3) is 5.69 Å². The number of carbonyl (C=O) groups excluding carboxylic acids is 1. The molecule has 2 heterocycles. The molecule has 0 unspecified atom stereocenters. The Balaban J connectivity index is 1.38. The largest absolute Gasteiger partial charge is 0.497 e. The average Bonchev–Trinajstić information content (AvgIpc) is 3.13. The molecule has 0 aliphatic carbocycles. The third-order valence-electron chi connectivity index (χ3n) is 5.85. The second kappa shape index (κ2) is 10.9. The fraction of sp³-hybridized carbons (Fsp3) is 0.400. The molecule has 0 spiro atoms. The second-order valence-electron chi connectivity index (χ2n) is 8.16. The van der Waals surface area contributed by atoms with E-state index in [-0.39, 0.29) is 6.03 Å². The minimum Gasteiger partial charge on any atom is -0.497 e. The topological polar surface area (TPSA) is 84.8 Å². The molecule has 2 aromatic carbocycles. The van der Waals surface area contributed by atoms with Crippen LogP contribution in [0.2, 0.25) is 0 Å². The maximum atomic E-state index is 12.8. The predicted octanol–water partition coefficient (Wildman–Crippen LogP) is 3.40. The van der Waals surface area contributed by atoms with Gasteiger partial charge in [-0.25, -0.2) is 14.5 Å². The van der Waals surface area contributed by atoms with Crippen molar-refractivity contribution >= 4 is 11.7 Å². The minimum absolute atomic E-state index is 0.0374. The molecule has 4 rings (SSSR count). The van der Waals surface area contributed by atoms with Gasteiger partial charge in [0.1, 0.15) is 29.3 Å². The highest BCUT2D eigenvalue weighted by atomic mass is 16.5. The first-order chi connectivity index (χ1) is 16.6. The molecule has 0 radical (unpaired) electrons. The zero-order valence-electron chi connectivity index (χ0n) is 20.0. The molecule has 34 heavy (non-hydrogen) atoms. The predicted molar refractivity (Wildman–Crippen MR) is 131 cm³/mol. The highest BCUT2D eigenvalue weighted by Crippen LogP contribution is 2.29. The molecule has 0 saturated carbocycles. The molecule has 0 bridgehead atoms. The van der Waals surface area contributed by atoms with E-state index in [9.17, 15) is 4.79 Å². The molecule has 1 N–H and O–H groups in total. The number of aromatic nitrogens is 3. The number of nitrogens with one attached hydrogen (secondary N) is 1. The first kappa shape index (κ1) is 23.4. The first-order valence-electron chi connectivity index (χ1n) is 11.6. The van der Waals surface area contributed by atoms with Crippen molar-refractivity contribution in [3.05, 3.63) is 60.2 Å². The van der Waals surface area contributed by atoms with Crippen LogP contribution in [0.5, 0.6) is 11.5 Å².